The standard InChI is InChI=1S/C21H22N2O4/c24-18(8-9-20(26)27)22-11-14-10-16(13-22)21-17(15-4-2-1-3-5-15)6-7-19(25)23(21)12-14/h1-7,14,16H,8-13H2,(H,26,27). The van der Waals surface area contributed by atoms with Gasteiger partial charge in [0.15, 0.2) is 0 Å². The highest BCUT2D eigenvalue weighted by molar-refractivity contribution is 5.81. The second-order valence-corrected chi connectivity index (χ2v) is 7.44. The Labute approximate surface area is 157 Å². The number of aromatic nitrogens is 1. The molecule has 0 saturated carbocycles. The van der Waals surface area contributed by atoms with E-state index in [1.165, 1.54) is 0 Å². The molecule has 2 aliphatic heterocycles. The number of carboxylic acids is 1. The second-order valence-electron chi connectivity index (χ2n) is 7.44. The minimum Gasteiger partial charge on any atom is -0.481 e. The Hall–Kier alpha value is -2.89. The van der Waals surface area contributed by atoms with Crippen molar-refractivity contribution in [2.75, 3.05) is 13.1 Å². The van der Waals surface area contributed by atoms with Gasteiger partial charge in [0.25, 0.3) is 5.56 Å². The first kappa shape index (κ1) is 17.5. The predicted molar refractivity (Wildman–Crippen MR) is 100 cm³/mol. The van der Waals surface area contributed by atoms with Gasteiger partial charge in [-0.3, -0.25) is 14.4 Å². The Kier molecular flexibility index (Phi) is 4.56. The topological polar surface area (TPSA) is 79.6 Å². The zero-order valence-corrected chi connectivity index (χ0v) is 15.0. The van der Waals surface area contributed by atoms with Gasteiger partial charge in [0.05, 0.1) is 6.42 Å². The Balaban J connectivity index is 1.68. The lowest BCUT2D eigenvalue weighted by Crippen LogP contribution is -2.49. The summed E-state index contributed by atoms with van der Waals surface area (Å²) >= 11 is 0. The van der Waals surface area contributed by atoms with Crippen molar-refractivity contribution in [1.82, 2.24) is 9.47 Å². The van der Waals surface area contributed by atoms with Crippen LogP contribution in [-0.2, 0) is 16.1 Å². The lowest BCUT2D eigenvalue weighted by Gasteiger charge is -2.43. The summed E-state index contributed by atoms with van der Waals surface area (Å²) in [6, 6.07) is 13.5. The number of piperidine rings is 1. The van der Waals surface area contributed by atoms with Gasteiger partial charge in [0.1, 0.15) is 0 Å². The molecule has 6 heteroatoms. The molecular weight excluding hydrogens is 344 g/mol. The van der Waals surface area contributed by atoms with E-state index in [1.54, 1.807) is 11.0 Å². The minimum absolute atomic E-state index is 0.00466. The summed E-state index contributed by atoms with van der Waals surface area (Å²) in [4.78, 5) is 37.5. The van der Waals surface area contributed by atoms with E-state index in [2.05, 4.69) is 0 Å². The first-order valence-electron chi connectivity index (χ1n) is 9.31. The summed E-state index contributed by atoms with van der Waals surface area (Å²) in [5.74, 6) is -0.743. The molecule has 2 atom stereocenters. The van der Waals surface area contributed by atoms with Crippen LogP contribution >= 0.6 is 0 Å². The second kappa shape index (κ2) is 7.02. The fourth-order valence-electron chi connectivity index (χ4n) is 4.45. The lowest BCUT2D eigenvalue weighted by atomic mass is 9.80. The molecule has 140 valence electrons. The van der Waals surface area contributed by atoms with Crippen molar-refractivity contribution in [3.8, 4) is 11.1 Å². The number of rotatable bonds is 4. The number of pyridine rings is 1. The third-order valence-corrected chi connectivity index (χ3v) is 5.58. The first-order chi connectivity index (χ1) is 13.0. The summed E-state index contributed by atoms with van der Waals surface area (Å²) in [6.07, 6.45) is 0.837. The fourth-order valence-corrected chi connectivity index (χ4v) is 4.45. The minimum atomic E-state index is -0.955. The molecule has 1 saturated heterocycles. The van der Waals surface area contributed by atoms with Gasteiger partial charge >= 0.3 is 5.97 Å². The lowest BCUT2D eigenvalue weighted by molar-refractivity contribution is -0.141. The maximum atomic E-state index is 12.5. The molecule has 2 aromatic rings. The van der Waals surface area contributed by atoms with Gasteiger partial charge in [0, 0.05) is 49.3 Å². The molecule has 0 radical (unpaired) electrons. The molecule has 2 unspecified atom stereocenters. The molecule has 1 aromatic heterocycles. The number of hydrogen-bond acceptors (Lipinski definition) is 3. The van der Waals surface area contributed by atoms with Crippen LogP contribution in [0.25, 0.3) is 11.1 Å². The van der Waals surface area contributed by atoms with Crippen LogP contribution in [0.5, 0.6) is 0 Å². The van der Waals surface area contributed by atoms with E-state index in [4.69, 9.17) is 5.11 Å². The largest absolute Gasteiger partial charge is 0.481 e. The van der Waals surface area contributed by atoms with Gasteiger partial charge < -0.3 is 14.6 Å². The number of carbonyl (C=O) groups excluding carboxylic acids is 1. The van der Waals surface area contributed by atoms with Crippen LogP contribution in [0, 0.1) is 5.92 Å². The predicted octanol–water partition coefficient (Wildman–Crippen LogP) is 2.33. The Morgan fingerprint density at radius 3 is 2.52 bits per heavy atom. The quantitative estimate of drug-likeness (QED) is 0.901. The van der Waals surface area contributed by atoms with Crippen molar-refractivity contribution >= 4 is 11.9 Å². The number of carboxylic acid groups (broad SMARTS) is 1. The van der Waals surface area contributed by atoms with Crippen molar-refractivity contribution in [2.24, 2.45) is 5.92 Å². The Morgan fingerprint density at radius 1 is 1.00 bits per heavy atom. The number of benzene rings is 1. The van der Waals surface area contributed by atoms with E-state index in [9.17, 15) is 14.4 Å². The number of carbonyl (C=O) groups is 2. The van der Waals surface area contributed by atoms with E-state index in [-0.39, 0.29) is 36.1 Å². The van der Waals surface area contributed by atoms with Crippen LogP contribution in [-0.4, -0.2) is 39.5 Å². The van der Waals surface area contributed by atoms with Crippen LogP contribution < -0.4 is 5.56 Å². The maximum absolute atomic E-state index is 12.5. The molecular formula is C21H22N2O4. The molecule has 1 amide bonds. The molecule has 0 spiro atoms. The monoisotopic (exact) mass is 366 g/mol. The Morgan fingerprint density at radius 2 is 1.78 bits per heavy atom. The summed E-state index contributed by atoms with van der Waals surface area (Å²) in [5, 5.41) is 8.84. The molecule has 1 aromatic carbocycles. The average molecular weight is 366 g/mol. The SMILES string of the molecule is O=C(O)CCC(=O)N1CC2CC(C1)c1c(-c3ccccc3)ccc(=O)n1C2. The van der Waals surface area contributed by atoms with E-state index < -0.39 is 5.97 Å². The maximum Gasteiger partial charge on any atom is 0.303 e. The average Bonchev–Trinajstić information content (AvgIpc) is 2.67. The van der Waals surface area contributed by atoms with E-state index >= 15 is 0 Å². The van der Waals surface area contributed by atoms with E-state index in [0.717, 1.165) is 23.2 Å². The van der Waals surface area contributed by atoms with Gasteiger partial charge in [-0.25, -0.2) is 0 Å². The third-order valence-electron chi connectivity index (χ3n) is 5.58. The number of fused-ring (bicyclic) bond motifs is 4. The molecule has 1 fully saturated rings. The zero-order valence-electron chi connectivity index (χ0n) is 15.0. The first-order valence-corrected chi connectivity index (χ1v) is 9.31. The fraction of sp³-hybridized carbons (Fsp3) is 0.381. The molecule has 2 aliphatic rings. The molecule has 3 heterocycles. The Bertz CT molecular complexity index is 935. The molecule has 4 rings (SSSR count). The number of aliphatic carboxylic acids is 1. The van der Waals surface area contributed by atoms with Crippen LogP contribution in [0.1, 0.15) is 30.9 Å². The number of likely N-dealkylation sites (tertiary alicyclic amines) is 1. The summed E-state index contributed by atoms with van der Waals surface area (Å²) < 4.78 is 1.88. The number of nitrogens with zero attached hydrogens (tertiary/aromatic N) is 2. The van der Waals surface area contributed by atoms with Crippen molar-refractivity contribution in [3.05, 3.63) is 58.5 Å². The van der Waals surface area contributed by atoms with Crippen LogP contribution in [0.4, 0.5) is 0 Å². The summed E-state index contributed by atoms with van der Waals surface area (Å²) in [7, 11) is 0. The zero-order chi connectivity index (χ0) is 19.0. The summed E-state index contributed by atoms with van der Waals surface area (Å²) in [5.41, 5.74) is 3.11. The van der Waals surface area contributed by atoms with Crippen LogP contribution in [0.2, 0.25) is 0 Å². The highest BCUT2D eigenvalue weighted by Gasteiger charge is 2.37. The molecule has 0 aliphatic carbocycles. The van der Waals surface area contributed by atoms with Crippen molar-refractivity contribution < 1.29 is 14.7 Å². The van der Waals surface area contributed by atoms with E-state index in [1.807, 2.05) is 41.0 Å². The number of hydrogen-bond donors (Lipinski definition) is 1. The smallest absolute Gasteiger partial charge is 0.303 e. The van der Waals surface area contributed by atoms with Gasteiger partial charge in [0.2, 0.25) is 5.91 Å². The van der Waals surface area contributed by atoms with Crippen LogP contribution in [0.15, 0.2) is 47.3 Å². The van der Waals surface area contributed by atoms with Gasteiger partial charge in [-0.1, -0.05) is 30.3 Å². The van der Waals surface area contributed by atoms with E-state index in [0.29, 0.717) is 19.6 Å². The van der Waals surface area contributed by atoms with Crippen LogP contribution in [0.3, 0.4) is 0 Å². The van der Waals surface area contributed by atoms with Gasteiger partial charge in [-0.05, 0) is 24.0 Å². The summed E-state index contributed by atoms with van der Waals surface area (Å²) in [6.45, 7) is 1.74. The van der Waals surface area contributed by atoms with Gasteiger partial charge in [-0.2, -0.15) is 0 Å². The third kappa shape index (κ3) is 3.39. The van der Waals surface area contributed by atoms with Gasteiger partial charge in [-0.15, -0.1) is 0 Å². The molecule has 27 heavy (non-hydrogen) atoms. The highest BCUT2D eigenvalue weighted by Crippen LogP contribution is 2.39. The molecule has 6 nitrogen and oxygen atoms in total. The normalized spacial score (nSPS) is 20.8. The van der Waals surface area contributed by atoms with Crippen molar-refractivity contribution in [3.63, 3.8) is 0 Å². The van der Waals surface area contributed by atoms with Crippen molar-refractivity contribution in [2.45, 2.75) is 31.7 Å². The highest BCUT2D eigenvalue weighted by atomic mass is 16.4. The number of amides is 1. The van der Waals surface area contributed by atoms with Crippen molar-refractivity contribution in [1.29, 1.82) is 0 Å². The molecule has 2 bridgehead atoms. The molecule has 1 N–H and O–H groups in total.